The van der Waals surface area contributed by atoms with Crippen molar-refractivity contribution in [1.82, 2.24) is 0 Å². The SMILES string of the molecule is COc1c(C=Cc2ccccc2)ccc(C(C)C)c1OC. The highest BCUT2D eigenvalue weighted by Crippen LogP contribution is 2.39. The molecule has 0 unspecified atom stereocenters. The van der Waals surface area contributed by atoms with E-state index in [9.17, 15) is 0 Å². The molecule has 2 nitrogen and oxygen atoms in total. The number of hydrogen-bond acceptors (Lipinski definition) is 2. The van der Waals surface area contributed by atoms with Gasteiger partial charge >= 0.3 is 0 Å². The van der Waals surface area contributed by atoms with Crippen molar-refractivity contribution < 1.29 is 9.47 Å². The Labute approximate surface area is 127 Å². The zero-order valence-electron chi connectivity index (χ0n) is 13.1. The summed E-state index contributed by atoms with van der Waals surface area (Å²) in [4.78, 5) is 0. The molecule has 2 heteroatoms. The van der Waals surface area contributed by atoms with Crippen LogP contribution in [0.1, 0.15) is 36.5 Å². The maximum atomic E-state index is 5.57. The molecule has 0 N–H and O–H groups in total. The lowest BCUT2D eigenvalue weighted by Crippen LogP contribution is -1.99. The van der Waals surface area contributed by atoms with Crippen molar-refractivity contribution in [3.05, 3.63) is 59.2 Å². The van der Waals surface area contributed by atoms with Crippen LogP contribution in [0.25, 0.3) is 12.2 Å². The third kappa shape index (κ3) is 3.46. The van der Waals surface area contributed by atoms with Gasteiger partial charge in [0.15, 0.2) is 11.5 Å². The second-order valence-electron chi connectivity index (χ2n) is 5.21. The van der Waals surface area contributed by atoms with Crippen molar-refractivity contribution in [3.63, 3.8) is 0 Å². The van der Waals surface area contributed by atoms with E-state index in [1.807, 2.05) is 18.2 Å². The van der Waals surface area contributed by atoms with Crippen LogP contribution in [0.4, 0.5) is 0 Å². The van der Waals surface area contributed by atoms with Crippen molar-refractivity contribution in [2.75, 3.05) is 14.2 Å². The molecule has 2 aromatic rings. The molecule has 0 amide bonds. The van der Waals surface area contributed by atoms with Gasteiger partial charge in [0, 0.05) is 11.1 Å². The summed E-state index contributed by atoms with van der Waals surface area (Å²) in [5, 5.41) is 0. The van der Waals surface area contributed by atoms with Crippen LogP contribution in [-0.4, -0.2) is 14.2 Å². The van der Waals surface area contributed by atoms with Crippen molar-refractivity contribution in [1.29, 1.82) is 0 Å². The normalized spacial score (nSPS) is 11.1. The Hall–Kier alpha value is -2.22. The van der Waals surface area contributed by atoms with Crippen molar-refractivity contribution in [2.24, 2.45) is 0 Å². The van der Waals surface area contributed by atoms with E-state index in [0.717, 1.165) is 28.2 Å². The summed E-state index contributed by atoms with van der Waals surface area (Å²) in [7, 11) is 3.37. The lowest BCUT2D eigenvalue weighted by molar-refractivity contribution is 0.350. The topological polar surface area (TPSA) is 18.5 Å². The second kappa shape index (κ2) is 6.98. The average molecular weight is 282 g/mol. The molecule has 0 saturated carbocycles. The quantitative estimate of drug-likeness (QED) is 0.719. The molecule has 0 aromatic heterocycles. The van der Waals surface area contributed by atoms with Crippen LogP contribution >= 0.6 is 0 Å². The van der Waals surface area contributed by atoms with Gasteiger partial charge in [0.1, 0.15) is 0 Å². The number of hydrogen-bond donors (Lipinski definition) is 0. The van der Waals surface area contributed by atoms with Gasteiger partial charge in [-0.2, -0.15) is 0 Å². The Kier molecular flexibility index (Phi) is 5.04. The summed E-state index contributed by atoms with van der Waals surface area (Å²) in [5.74, 6) is 2.00. The Morgan fingerprint density at radius 3 is 2.05 bits per heavy atom. The van der Waals surface area contributed by atoms with Gasteiger partial charge in [-0.15, -0.1) is 0 Å². The van der Waals surface area contributed by atoms with Crippen molar-refractivity contribution >= 4 is 12.2 Å². The van der Waals surface area contributed by atoms with Crippen LogP contribution in [0.2, 0.25) is 0 Å². The molecule has 0 fully saturated rings. The van der Waals surface area contributed by atoms with Gasteiger partial charge in [-0.05, 0) is 11.5 Å². The fourth-order valence-electron chi connectivity index (χ4n) is 2.35. The summed E-state index contributed by atoms with van der Waals surface area (Å²) < 4.78 is 11.1. The molecule has 110 valence electrons. The van der Waals surface area contributed by atoms with Gasteiger partial charge in [-0.25, -0.2) is 0 Å². The van der Waals surface area contributed by atoms with E-state index in [4.69, 9.17) is 9.47 Å². The third-order valence-corrected chi connectivity index (χ3v) is 3.46. The highest BCUT2D eigenvalue weighted by Gasteiger charge is 2.15. The monoisotopic (exact) mass is 282 g/mol. The number of benzene rings is 2. The fourth-order valence-corrected chi connectivity index (χ4v) is 2.35. The van der Waals surface area contributed by atoms with Crippen molar-refractivity contribution in [2.45, 2.75) is 19.8 Å². The first-order valence-electron chi connectivity index (χ1n) is 7.15. The summed E-state index contributed by atoms with van der Waals surface area (Å²) in [6.45, 7) is 4.30. The predicted octanol–water partition coefficient (Wildman–Crippen LogP) is 5.00. The molecule has 0 spiro atoms. The van der Waals surface area contributed by atoms with Crippen LogP contribution in [0.3, 0.4) is 0 Å². The van der Waals surface area contributed by atoms with Gasteiger partial charge in [0.2, 0.25) is 0 Å². The van der Waals surface area contributed by atoms with Crippen LogP contribution in [0.5, 0.6) is 11.5 Å². The molecule has 0 atom stereocenters. The van der Waals surface area contributed by atoms with Gasteiger partial charge in [-0.3, -0.25) is 0 Å². The molecule has 0 saturated heterocycles. The molecule has 2 aromatic carbocycles. The lowest BCUT2D eigenvalue weighted by Gasteiger charge is -2.17. The molecule has 0 radical (unpaired) electrons. The minimum atomic E-state index is 0.390. The third-order valence-electron chi connectivity index (χ3n) is 3.46. The van der Waals surface area contributed by atoms with Gasteiger partial charge in [0.05, 0.1) is 14.2 Å². The number of ether oxygens (including phenoxy) is 2. The molecule has 0 aliphatic carbocycles. The molecular formula is C19H22O2. The van der Waals surface area contributed by atoms with E-state index in [2.05, 4.69) is 50.3 Å². The van der Waals surface area contributed by atoms with Gasteiger partial charge in [0.25, 0.3) is 0 Å². The van der Waals surface area contributed by atoms with Crippen LogP contribution in [0.15, 0.2) is 42.5 Å². The zero-order chi connectivity index (χ0) is 15.2. The second-order valence-corrected chi connectivity index (χ2v) is 5.21. The van der Waals surface area contributed by atoms with Gasteiger partial charge < -0.3 is 9.47 Å². The van der Waals surface area contributed by atoms with Crippen molar-refractivity contribution in [3.8, 4) is 11.5 Å². The first kappa shape index (κ1) is 15.2. The van der Waals surface area contributed by atoms with E-state index in [1.54, 1.807) is 14.2 Å². The standard InChI is InChI=1S/C19H22O2/c1-14(2)17-13-12-16(18(20-3)19(17)21-4)11-10-15-8-6-5-7-9-15/h5-14H,1-4H3. The molecule has 0 aliphatic heterocycles. The number of rotatable bonds is 5. The lowest BCUT2D eigenvalue weighted by atomic mass is 9.98. The maximum absolute atomic E-state index is 5.57. The number of methoxy groups -OCH3 is 2. The Morgan fingerprint density at radius 2 is 1.48 bits per heavy atom. The largest absolute Gasteiger partial charge is 0.493 e. The van der Waals surface area contributed by atoms with E-state index >= 15 is 0 Å². The smallest absolute Gasteiger partial charge is 0.168 e. The van der Waals surface area contributed by atoms with Crippen LogP contribution < -0.4 is 9.47 Å². The molecule has 0 bridgehead atoms. The Balaban J connectivity index is 2.43. The summed E-state index contributed by atoms with van der Waals surface area (Å²) in [5.41, 5.74) is 3.33. The van der Waals surface area contributed by atoms with E-state index < -0.39 is 0 Å². The van der Waals surface area contributed by atoms with Crippen LogP contribution in [0, 0.1) is 0 Å². The minimum Gasteiger partial charge on any atom is -0.493 e. The van der Waals surface area contributed by atoms with Gasteiger partial charge in [-0.1, -0.05) is 68.5 Å². The molecular weight excluding hydrogens is 260 g/mol. The minimum absolute atomic E-state index is 0.390. The maximum Gasteiger partial charge on any atom is 0.168 e. The van der Waals surface area contributed by atoms with E-state index in [0.29, 0.717) is 5.92 Å². The molecule has 0 aliphatic rings. The highest BCUT2D eigenvalue weighted by molar-refractivity contribution is 5.75. The van der Waals surface area contributed by atoms with Crippen LogP contribution in [-0.2, 0) is 0 Å². The van der Waals surface area contributed by atoms with E-state index in [-0.39, 0.29) is 0 Å². The molecule has 0 heterocycles. The molecule has 21 heavy (non-hydrogen) atoms. The first-order valence-corrected chi connectivity index (χ1v) is 7.15. The predicted molar refractivity (Wildman–Crippen MR) is 89.0 cm³/mol. The Bertz CT molecular complexity index is 613. The zero-order valence-corrected chi connectivity index (χ0v) is 13.1. The fraction of sp³-hybridized carbons (Fsp3) is 0.263. The summed E-state index contributed by atoms with van der Waals surface area (Å²) >= 11 is 0. The van der Waals surface area contributed by atoms with E-state index in [1.165, 1.54) is 0 Å². The highest BCUT2D eigenvalue weighted by atomic mass is 16.5. The summed E-state index contributed by atoms with van der Waals surface area (Å²) in [6, 6.07) is 14.4. The first-order chi connectivity index (χ1) is 10.2. The molecule has 2 rings (SSSR count). The Morgan fingerprint density at radius 1 is 0.810 bits per heavy atom. The average Bonchev–Trinajstić information content (AvgIpc) is 2.52. The summed E-state index contributed by atoms with van der Waals surface area (Å²) in [6.07, 6.45) is 4.13.